The van der Waals surface area contributed by atoms with Gasteiger partial charge in [0.05, 0.1) is 31.9 Å². The van der Waals surface area contributed by atoms with Crippen molar-refractivity contribution < 1.29 is 29.1 Å². The minimum Gasteiger partial charge on any atom is -0.507 e. The van der Waals surface area contributed by atoms with Crippen LogP contribution >= 0.6 is 0 Å². The van der Waals surface area contributed by atoms with E-state index in [-0.39, 0.29) is 29.9 Å². The first-order chi connectivity index (χ1) is 17.2. The highest BCUT2D eigenvalue weighted by Crippen LogP contribution is 2.53. The average molecular weight is 491 g/mol. The second-order valence-corrected chi connectivity index (χ2v) is 10.1. The van der Waals surface area contributed by atoms with Crippen molar-refractivity contribution in [2.24, 2.45) is 0 Å². The maximum absolute atomic E-state index is 14.2. The Bertz CT molecular complexity index is 1300. The maximum Gasteiger partial charge on any atom is 0.296 e. The summed E-state index contributed by atoms with van der Waals surface area (Å²) >= 11 is 0. The predicted octanol–water partition coefficient (Wildman–Crippen LogP) is 1.49. The number of carbonyl (C=O) groups is 3. The fourth-order valence-electron chi connectivity index (χ4n) is 5.78. The third kappa shape index (κ3) is 3.35. The van der Waals surface area contributed by atoms with Crippen molar-refractivity contribution in [2.75, 3.05) is 38.6 Å². The number of aliphatic hydroxyl groups is 1. The summed E-state index contributed by atoms with van der Waals surface area (Å²) in [7, 11) is 4.02. The Morgan fingerprint density at radius 3 is 2.64 bits per heavy atom. The Hall–Kier alpha value is -3.65. The number of ketones is 1. The Balaban J connectivity index is 1.74. The van der Waals surface area contributed by atoms with E-state index >= 15 is 0 Å². The number of likely N-dealkylation sites (tertiary alicyclic amines) is 1. The number of fused-ring (bicyclic) bond motifs is 3. The lowest BCUT2D eigenvalue weighted by Gasteiger charge is -2.34. The van der Waals surface area contributed by atoms with Gasteiger partial charge in [0, 0.05) is 37.1 Å². The van der Waals surface area contributed by atoms with E-state index in [2.05, 4.69) is 0 Å². The molecule has 5 rings (SSSR count). The number of anilines is 1. The number of para-hydroxylation sites is 1. The molecule has 2 N–H and O–H groups in total. The molecule has 1 spiro atoms. The van der Waals surface area contributed by atoms with Crippen LogP contribution in [0.15, 0.2) is 48.0 Å². The summed E-state index contributed by atoms with van der Waals surface area (Å²) in [5.41, 5.74) is 0.643. The number of rotatable bonds is 6. The molecular formula is C28H32N3O5+. The minimum absolute atomic E-state index is 0.0156. The molecule has 2 amide bonds. The van der Waals surface area contributed by atoms with Gasteiger partial charge in [0.15, 0.2) is 5.54 Å². The number of hydrogen-bond acceptors (Lipinski definition) is 5. The van der Waals surface area contributed by atoms with Gasteiger partial charge in [-0.05, 0) is 43.7 Å². The molecule has 0 aromatic heterocycles. The zero-order chi connectivity index (χ0) is 25.8. The first kappa shape index (κ1) is 24.1. The molecule has 2 aromatic rings. The largest absolute Gasteiger partial charge is 0.507 e. The van der Waals surface area contributed by atoms with Crippen LogP contribution < -0.4 is 14.5 Å². The van der Waals surface area contributed by atoms with Crippen molar-refractivity contribution in [3.05, 3.63) is 64.7 Å². The van der Waals surface area contributed by atoms with Crippen LogP contribution in [0.2, 0.25) is 0 Å². The van der Waals surface area contributed by atoms with Crippen LogP contribution in [0.4, 0.5) is 5.69 Å². The standard InChI is InChI=1S/C28H31N3O5/c1-5-30-21-10-7-6-9-20(21)28(27(30)35)23(25(33)26(34)31(28)14-8-13-29(3)4)24(32)18-11-12-22-19(16-18)15-17(2)36-22/h6-7,9-12,16-17,32H,5,8,13-15H2,1-4H3/p+1/t17?,28-/m0/s1. The highest BCUT2D eigenvalue weighted by atomic mass is 16.5. The van der Waals surface area contributed by atoms with E-state index in [0.717, 1.165) is 17.9 Å². The van der Waals surface area contributed by atoms with E-state index in [4.69, 9.17) is 4.74 Å². The van der Waals surface area contributed by atoms with Crippen molar-refractivity contribution in [3.8, 4) is 5.75 Å². The average Bonchev–Trinajstić information content (AvgIpc) is 3.42. The van der Waals surface area contributed by atoms with Crippen molar-refractivity contribution in [2.45, 2.75) is 38.3 Å². The van der Waals surface area contributed by atoms with Crippen LogP contribution in [0.1, 0.15) is 37.0 Å². The molecule has 188 valence electrons. The van der Waals surface area contributed by atoms with Crippen LogP contribution in [0.3, 0.4) is 0 Å². The van der Waals surface area contributed by atoms with Crippen LogP contribution in [-0.2, 0) is 26.3 Å². The van der Waals surface area contributed by atoms with Crippen LogP contribution in [-0.4, -0.2) is 67.4 Å². The molecule has 1 saturated heterocycles. The van der Waals surface area contributed by atoms with Gasteiger partial charge in [0.1, 0.15) is 17.6 Å². The van der Waals surface area contributed by atoms with Gasteiger partial charge >= 0.3 is 0 Å². The topological polar surface area (TPSA) is 91.6 Å². The van der Waals surface area contributed by atoms with E-state index in [1.807, 2.05) is 40.1 Å². The number of carbonyl (C=O) groups excluding carboxylic acids is 3. The van der Waals surface area contributed by atoms with Crippen molar-refractivity contribution >= 4 is 29.0 Å². The van der Waals surface area contributed by atoms with Gasteiger partial charge in [0.2, 0.25) is 0 Å². The van der Waals surface area contributed by atoms with Crippen molar-refractivity contribution in [1.82, 2.24) is 4.90 Å². The Morgan fingerprint density at radius 2 is 1.92 bits per heavy atom. The Kier molecular flexibility index (Phi) is 5.87. The molecule has 3 aliphatic heterocycles. The summed E-state index contributed by atoms with van der Waals surface area (Å²) in [6.07, 6.45) is 1.29. The molecule has 1 unspecified atom stereocenters. The minimum atomic E-state index is -1.70. The highest BCUT2D eigenvalue weighted by molar-refractivity contribution is 6.50. The molecule has 0 radical (unpaired) electrons. The molecule has 1 fully saturated rings. The SMILES string of the molecule is CCN1C(=O)[C@@]2(C(=C(O)c3ccc4c(c3)CC(C)O4)C(=O)C(=O)N2CCC[NH+](C)C)c2ccccc21. The molecular weight excluding hydrogens is 458 g/mol. The normalized spacial score (nSPS) is 24.1. The van der Waals surface area contributed by atoms with Gasteiger partial charge < -0.3 is 24.5 Å². The number of aliphatic hydroxyl groups excluding tert-OH is 1. The molecule has 3 heterocycles. The van der Waals surface area contributed by atoms with E-state index in [0.29, 0.717) is 36.2 Å². The van der Waals surface area contributed by atoms with Gasteiger partial charge in [0.25, 0.3) is 17.6 Å². The molecule has 0 bridgehead atoms. The Morgan fingerprint density at radius 1 is 1.17 bits per heavy atom. The summed E-state index contributed by atoms with van der Waals surface area (Å²) in [4.78, 5) is 45.5. The molecule has 8 nitrogen and oxygen atoms in total. The predicted molar refractivity (Wildman–Crippen MR) is 135 cm³/mol. The highest BCUT2D eigenvalue weighted by Gasteiger charge is 2.66. The lowest BCUT2D eigenvalue weighted by molar-refractivity contribution is -0.858. The first-order valence-corrected chi connectivity index (χ1v) is 12.5. The fraction of sp³-hybridized carbons (Fsp3) is 0.393. The van der Waals surface area contributed by atoms with Gasteiger partial charge in [-0.3, -0.25) is 14.4 Å². The number of hydrogen-bond donors (Lipinski definition) is 2. The lowest BCUT2D eigenvalue weighted by atomic mass is 9.81. The smallest absolute Gasteiger partial charge is 0.296 e. The zero-order valence-corrected chi connectivity index (χ0v) is 21.1. The summed E-state index contributed by atoms with van der Waals surface area (Å²) in [5, 5.41) is 11.6. The third-order valence-corrected chi connectivity index (χ3v) is 7.35. The number of quaternary nitrogens is 1. The molecule has 3 aliphatic rings. The lowest BCUT2D eigenvalue weighted by Crippen LogP contribution is -3.05. The number of likely N-dealkylation sites (N-methyl/N-ethyl adjacent to an activating group) is 1. The van der Waals surface area contributed by atoms with Gasteiger partial charge in [-0.2, -0.15) is 0 Å². The summed E-state index contributed by atoms with van der Waals surface area (Å²) in [6, 6.07) is 12.5. The van der Waals surface area contributed by atoms with Gasteiger partial charge in [-0.15, -0.1) is 0 Å². The van der Waals surface area contributed by atoms with E-state index < -0.39 is 17.2 Å². The number of nitrogens with zero attached hydrogens (tertiary/aromatic N) is 2. The number of ether oxygens (including phenoxy) is 1. The van der Waals surface area contributed by atoms with E-state index in [1.54, 1.807) is 35.2 Å². The molecule has 36 heavy (non-hydrogen) atoms. The number of nitrogens with one attached hydrogen (secondary N) is 1. The molecule has 0 saturated carbocycles. The molecule has 0 aliphatic carbocycles. The Labute approximate surface area is 210 Å². The van der Waals surface area contributed by atoms with Gasteiger partial charge in [-0.1, -0.05) is 18.2 Å². The quantitative estimate of drug-likeness (QED) is 0.364. The van der Waals surface area contributed by atoms with Crippen molar-refractivity contribution in [3.63, 3.8) is 0 Å². The number of amides is 2. The maximum atomic E-state index is 14.2. The van der Waals surface area contributed by atoms with Crippen LogP contribution in [0.25, 0.3) is 5.76 Å². The third-order valence-electron chi connectivity index (χ3n) is 7.35. The fourth-order valence-corrected chi connectivity index (χ4v) is 5.78. The molecule has 2 aromatic carbocycles. The zero-order valence-electron chi connectivity index (χ0n) is 21.1. The summed E-state index contributed by atoms with van der Waals surface area (Å²) in [5.74, 6) is -1.58. The van der Waals surface area contributed by atoms with Crippen LogP contribution in [0.5, 0.6) is 5.75 Å². The number of Topliss-reactive ketones (excluding diaryl/α,β-unsaturated/α-hetero) is 1. The monoisotopic (exact) mass is 490 g/mol. The molecule has 8 heteroatoms. The summed E-state index contributed by atoms with van der Waals surface area (Å²) in [6.45, 7) is 5.18. The second kappa shape index (κ2) is 8.78. The molecule has 2 atom stereocenters. The van der Waals surface area contributed by atoms with Crippen LogP contribution in [0, 0.1) is 0 Å². The number of benzene rings is 2. The first-order valence-electron chi connectivity index (χ1n) is 12.5. The van der Waals surface area contributed by atoms with Gasteiger partial charge in [-0.25, -0.2) is 0 Å². The van der Waals surface area contributed by atoms with E-state index in [9.17, 15) is 19.5 Å². The second-order valence-electron chi connectivity index (χ2n) is 10.1. The summed E-state index contributed by atoms with van der Waals surface area (Å²) < 4.78 is 5.78. The van der Waals surface area contributed by atoms with Crippen molar-refractivity contribution in [1.29, 1.82) is 0 Å². The van der Waals surface area contributed by atoms with E-state index in [1.165, 1.54) is 9.80 Å².